The van der Waals surface area contributed by atoms with Crippen LogP contribution in [0.15, 0.2) is 18.5 Å². The Morgan fingerprint density at radius 1 is 1.42 bits per heavy atom. The highest BCUT2D eigenvalue weighted by Crippen LogP contribution is 2.45. The van der Waals surface area contributed by atoms with Crippen LogP contribution in [0.2, 0.25) is 0 Å². The summed E-state index contributed by atoms with van der Waals surface area (Å²) in [5.74, 6) is 0.327. The summed E-state index contributed by atoms with van der Waals surface area (Å²) in [6.45, 7) is 2.82. The highest BCUT2D eigenvalue weighted by atomic mass is 16.5. The fourth-order valence-electron chi connectivity index (χ4n) is 3.77. The van der Waals surface area contributed by atoms with Crippen molar-refractivity contribution in [2.45, 2.75) is 57.2 Å². The minimum Gasteiger partial charge on any atom is -0.388 e. The third-order valence-corrected chi connectivity index (χ3v) is 4.87. The first-order valence-electron chi connectivity index (χ1n) is 7.43. The predicted molar refractivity (Wildman–Crippen MR) is 73.8 cm³/mol. The number of hydrogen-bond acceptors (Lipinski definition) is 3. The molecule has 1 spiro atoms. The van der Waals surface area contributed by atoms with E-state index in [0.717, 1.165) is 30.6 Å². The molecule has 104 valence electrons. The van der Waals surface area contributed by atoms with E-state index in [2.05, 4.69) is 4.98 Å². The Bertz CT molecular complexity index is 440. The largest absolute Gasteiger partial charge is 0.388 e. The van der Waals surface area contributed by atoms with Gasteiger partial charge in [-0.3, -0.25) is 4.98 Å². The van der Waals surface area contributed by atoms with Crippen LogP contribution in [0.5, 0.6) is 0 Å². The molecule has 19 heavy (non-hydrogen) atoms. The van der Waals surface area contributed by atoms with Gasteiger partial charge in [-0.15, -0.1) is 0 Å². The van der Waals surface area contributed by atoms with Crippen LogP contribution < -0.4 is 0 Å². The van der Waals surface area contributed by atoms with Gasteiger partial charge in [0.25, 0.3) is 0 Å². The summed E-state index contributed by atoms with van der Waals surface area (Å²) in [4.78, 5) is 4.11. The van der Waals surface area contributed by atoms with Crippen LogP contribution in [-0.2, 0) is 4.74 Å². The van der Waals surface area contributed by atoms with Gasteiger partial charge in [-0.1, -0.05) is 12.8 Å². The lowest BCUT2D eigenvalue weighted by Gasteiger charge is -2.40. The molecule has 2 heterocycles. The van der Waals surface area contributed by atoms with Gasteiger partial charge < -0.3 is 9.84 Å². The van der Waals surface area contributed by atoms with Crippen LogP contribution in [0, 0.1) is 12.8 Å². The zero-order valence-electron chi connectivity index (χ0n) is 11.6. The van der Waals surface area contributed by atoms with Gasteiger partial charge in [0.1, 0.15) is 0 Å². The third kappa shape index (κ3) is 2.54. The van der Waals surface area contributed by atoms with Crippen LogP contribution in [-0.4, -0.2) is 22.3 Å². The van der Waals surface area contributed by atoms with Gasteiger partial charge in [0.15, 0.2) is 0 Å². The number of pyridine rings is 1. The molecule has 2 fully saturated rings. The number of aliphatic hydroxyl groups excluding tert-OH is 1. The van der Waals surface area contributed by atoms with Gasteiger partial charge >= 0.3 is 0 Å². The number of aryl methyl sites for hydroxylation is 1. The highest BCUT2D eigenvalue weighted by Gasteiger charge is 2.42. The predicted octanol–water partition coefficient (Wildman–Crippen LogP) is 3.16. The Balaban J connectivity index is 1.76. The summed E-state index contributed by atoms with van der Waals surface area (Å²) in [6.07, 6.45) is 10.1. The smallest absolute Gasteiger partial charge is 0.0823 e. The molecule has 0 bridgehead atoms. The summed E-state index contributed by atoms with van der Waals surface area (Å²) < 4.78 is 6.05. The number of hydrogen-bond donors (Lipinski definition) is 1. The van der Waals surface area contributed by atoms with Crippen molar-refractivity contribution in [3.63, 3.8) is 0 Å². The zero-order chi connectivity index (χ0) is 13.3. The van der Waals surface area contributed by atoms with Gasteiger partial charge in [-0.25, -0.2) is 0 Å². The molecule has 1 aliphatic carbocycles. The fourth-order valence-corrected chi connectivity index (χ4v) is 3.77. The van der Waals surface area contributed by atoms with E-state index in [1.54, 1.807) is 6.20 Å². The number of aliphatic hydroxyl groups is 1. The molecule has 3 rings (SSSR count). The molecule has 1 aromatic heterocycles. The van der Waals surface area contributed by atoms with Gasteiger partial charge in [0.05, 0.1) is 11.7 Å². The SMILES string of the molecule is Cc1cnccc1C(O)C1CCOC2(CCCC2)C1. The molecule has 1 aliphatic heterocycles. The van der Waals surface area contributed by atoms with E-state index in [1.165, 1.54) is 25.7 Å². The van der Waals surface area contributed by atoms with Crippen molar-refractivity contribution < 1.29 is 9.84 Å². The molecule has 2 atom stereocenters. The second-order valence-corrected chi connectivity index (χ2v) is 6.17. The quantitative estimate of drug-likeness (QED) is 0.889. The van der Waals surface area contributed by atoms with Crippen LogP contribution in [0.4, 0.5) is 0 Å². The lowest BCUT2D eigenvalue weighted by molar-refractivity contribution is -0.113. The summed E-state index contributed by atoms with van der Waals surface area (Å²) in [5.41, 5.74) is 2.20. The normalized spacial score (nSPS) is 27.6. The molecule has 3 nitrogen and oxygen atoms in total. The Hall–Kier alpha value is -0.930. The van der Waals surface area contributed by atoms with Gasteiger partial charge in [0, 0.05) is 19.0 Å². The molecule has 0 radical (unpaired) electrons. The monoisotopic (exact) mass is 261 g/mol. The molecule has 1 saturated carbocycles. The highest BCUT2D eigenvalue weighted by molar-refractivity contribution is 5.24. The lowest BCUT2D eigenvalue weighted by Crippen LogP contribution is -2.39. The second kappa shape index (κ2) is 5.22. The van der Waals surface area contributed by atoms with Crippen molar-refractivity contribution in [1.82, 2.24) is 4.98 Å². The van der Waals surface area contributed by atoms with Gasteiger partial charge in [-0.2, -0.15) is 0 Å². The minimum absolute atomic E-state index is 0.0742. The molecule has 2 unspecified atom stereocenters. The topological polar surface area (TPSA) is 42.4 Å². The van der Waals surface area contributed by atoms with Gasteiger partial charge in [0.2, 0.25) is 0 Å². The molecule has 0 amide bonds. The van der Waals surface area contributed by atoms with E-state index >= 15 is 0 Å². The maximum atomic E-state index is 10.7. The first-order valence-corrected chi connectivity index (χ1v) is 7.43. The van der Waals surface area contributed by atoms with Crippen LogP contribution in [0.1, 0.15) is 55.8 Å². The maximum Gasteiger partial charge on any atom is 0.0823 e. The molecular weight excluding hydrogens is 238 g/mol. The van der Waals surface area contributed by atoms with Crippen LogP contribution in [0.25, 0.3) is 0 Å². The van der Waals surface area contributed by atoms with Crippen LogP contribution in [0.3, 0.4) is 0 Å². The summed E-state index contributed by atoms with van der Waals surface area (Å²) >= 11 is 0. The molecular formula is C16H23NO2. The molecule has 0 aromatic carbocycles. The molecule has 1 aromatic rings. The van der Waals surface area contributed by atoms with E-state index < -0.39 is 0 Å². The lowest BCUT2D eigenvalue weighted by atomic mass is 9.79. The standard InChI is InChI=1S/C16H23NO2/c1-12-11-17-8-4-14(12)15(18)13-5-9-19-16(10-13)6-2-3-7-16/h4,8,11,13,15,18H,2-3,5-7,9-10H2,1H3. The summed E-state index contributed by atoms with van der Waals surface area (Å²) in [5, 5.41) is 10.7. The van der Waals surface area contributed by atoms with Crippen molar-refractivity contribution >= 4 is 0 Å². The Kier molecular flexibility index (Phi) is 3.59. The number of rotatable bonds is 2. The summed E-state index contributed by atoms with van der Waals surface area (Å²) in [7, 11) is 0. The maximum absolute atomic E-state index is 10.7. The van der Waals surface area contributed by atoms with Crippen molar-refractivity contribution in [2.75, 3.05) is 6.61 Å². The van der Waals surface area contributed by atoms with E-state index in [9.17, 15) is 5.11 Å². The minimum atomic E-state index is -0.371. The molecule has 1 saturated heterocycles. The molecule has 1 N–H and O–H groups in total. The molecule has 3 heteroatoms. The second-order valence-electron chi connectivity index (χ2n) is 6.17. The van der Waals surface area contributed by atoms with E-state index in [4.69, 9.17) is 4.74 Å². The summed E-state index contributed by atoms with van der Waals surface area (Å²) in [6, 6.07) is 1.96. The average molecular weight is 261 g/mol. The van der Waals surface area contributed by atoms with E-state index in [1.807, 2.05) is 19.2 Å². The van der Waals surface area contributed by atoms with E-state index in [-0.39, 0.29) is 11.7 Å². The number of ether oxygens (including phenoxy) is 1. The van der Waals surface area contributed by atoms with Crippen molar-refractivity contribution in [1.29, 1.82) is 0 Å². The third-order valence-electron chi connectivity index (χ3n) is 4.87. The fraction of sp³-hybridized carbons (Fsp3) is 0.688. The number of nitrogens with zero attached hydrogens (tertiary/aromatic N) is 1. The van der Waals surface area contributed by atoms with Gasteiger partial charge in [-0.05, 0) is 55.7 Å². The Labute approximate surface area is 115 Å². The van der Waals surface area contributed by atoms with Crippen molar-refractivity contribution in [2.24, 2.45) is 5.92 Å². The Morgan fingerprint density at radius 2 is 2.21 bits per heavy atom. The molecule has 2 aliphatic rings. The van der Waals surface area contributed by atoms with Crippen molar-refractivity contribution in [3.8, 4) is 0 Å². The first kappa shape index (κ1) is 13.1. The van der Waals surface area contributed by atoms with Crippen molar-refractivity contribution in [3.05, 3.63) is 29.6 Å². The Morgan fingerprint density at radius 3 is 2.95 bits per heavy atom. The van der Waals surface area contributed by atoms with Crippen LogP contribution >= 0.6 is 0 Å². The zero-order valence-corrected chi connectivity index (χ0v) is 11.6. The average Bonchev–Trinajstić information content (AvgIpc) is 2.86. The van der Waals surface area contributed by atoms with E-state index in [0.29, 0.717) is 5.92 Å². The number of aromatic nitrogens is 1. The first-order chi connectivity index (χ1) is 9.20.